The Morgan fingerprint density at radius 1 is 1.32 bits per heavy atom. The SMILES string of the molecule is CNCC1(CN2CCC(C(C)C)CC2)CCCOC1. The first-order valence-electron chi connectivity index (χ1n) is 8.10. The first-order valence-corrected chi connectivity index (χ1v) is 8.10. The molecule has 0 aromatic heterocycles. The Hall–Kier alpha value is -0.120. The maximum Gasteiger partial charge on any atom is 0.0546 e. The zero-order valence-electron chi connectivity index (χ0n) is 13.1. The number of hydrogen-bond donors (Lipinski definition) is 1. The fraction of sp³-hybridized carbons (Fsp3) is 1.00. The van der Waals surface area contributed by atoms with Crippen molar-refractivity contribution in [1.82, 2.24) is 10.2 Å². The van der Waals surface area contributed by atoms with Gasteiger partial charge in [-0.1, -0.05) is 13.8 Å². The molecule has 0 aromatic carbocycles. The van der Waals surface area contributed by atoms with Crippen LogP contribution in [-0.2, 0) is 4.74 Å². The van der Waals surface area contributed by atoms with E-state index < -0.39 is 0 Å². The Morgan fingerprint density at radius 2 is 2.05 bits per heavy atom. The largest absolute Gasteiger partial charge is 0.381 e. The predicted octanol–water partition coefficient (Wildman–Crippen LogP) is 2.37. The summed E-state index contributed by atoms with van der Waals surface area (Å²) in [6, 6.07) is 0. The zero-order valence-corrected chi connectivity index (χ0v) is 13.1. The molecule has 112 valence electrons. The first-order chi connectivity index (χ1) is 9.15. The van der Waals surface area contributed by atoms with Gasteiger partial charge >= 0.3 is 0 Å². The van der Waals surface area contributed by atoms with Crippen LogP contribution in [-0.4, -0.2) is 51.3 Å². The summed E-state index contributed by atoms with van der Waals surface area (Å²) in [5, 5.41) is 3.39. The van der Waals surface area contributed by atoms with Gasteiger partial charge in [0.2, 0.25) is 0 Å². The predicted molar refractivity (Wildman–Crippen MR) is 80.4 cm³/mol. The molecule has 0 saturated carbocycles. The van der Waals surface area contributed by atoms with Crippen molar-refractivity contribution in [3.05, 3.63) is 0 Å². The summed E-state index contributed by atoms with van der Waals surface area (Å²) in [4.78, 5) is 2.69. The lowest BCUT2D eigenvalue weighted by atomic mass is 9.80. The minimum atomic E-state index is 0.359. The number of likely N-dealkylation sites (tertiary alicyclic amines) is 1. The second-order valence-electron chi connectivity index (χ2n) is 7.04. The lowest BCUT2D eigenvalue weighted by molar-refractivity contribution is -0.0309. The lowest BCUT2D eigenvalue weighted by Crippen LogP contribution is -2.50. The van der Waals surface area contributed by atoms with Crippen molar-refractivity contribution in [2.45, 2.75) is 39.5 Å². The van der Waals surface area contributed by atoms with E-state index in [2.05, 4.69) is 31.1 Å². The van der Waals surface area contributed by atoms with Gasteiger partial charge < -0.3 is 15.0 Å². The maximum atomic E-state index is 5.77. The molecule has 3 heteroatoms. The number of ether oxygens (including phenoxy) is 1. The molecule has 2 aliphatic rings. The lowest BCUT2D eigenvalue weighted by Gasteiger charge is -2.43. The van der Waals surface area contributed by atoms with Gasteiger partial charge in [-0.2, -0.15) is 0 Å². The summed E-state index contributed by atoms with van der Waals surface area (Å²) >= 11 is 0. The first kappa shape index (κ1) is 15.3. The number of hydrogen-bond acceptors (Lipinski definition) is 3. The van der Waals surface area contributed by atoms with Crippen LogP contribution in [0.5, 0.6) is 0 Å². The summed E-state index contributed by atoms with van der Waals surface area (Å²) in [7, 11) is 2.07. The molecule has 2 rings (SSSR count). The van der Waals surface area contributed by atoms with Gasteiger partial charge in [-0.25, -0.2) is 0 Å². The van der Waals surface area contributed by atoms with E-state index in [0.29, 0.717) is 5.41 Å². The van der Waals surface area contributed by atoms with E-state index in [1.54, 1.807) is 0 Å². The van der Waals surface area contributed by atoms with Crippen molar-refractivity contribution in [3.8, 4) is 0 Å². The normalized spacial score (nSPS) is 30.9. The molecule has 0 radical (unpaired) electrons. The Morgan fingerprint density at radius 3 is 2.58 bits per heavy atom. The fourth-order valence-electron chi connectivity index (χ4n) is 3.86. The molecular weight excluding hydrogens is 236 g/mol. The highest BCUT2D eigenvalue weighted by Crippen LogP contribution is 2.32. The van der Waals surface area contributed by atoms with Crippen molar-refractivity contribution in [2.24, 2.45) is 17.3 Å². The second kappa shape index (κ2) is 7.05. The van der Waals surface area contributed by atoms with Crippen molar-refractivity contribution in [2.75, 3.05) is 46.4 Å². The summed E-state index contributed by atoms with van der Waals surface area (Å²) in [5.41, 5.74) is 0.359. The molecule has 1 N–H and O–H groups in total. The molecule has 1 atom stereocenters. The van der Waals surface area contributed by atoms with E-state index in [1.165, 1.54) is 45.3 Å². The quantitative estimate of drug-likeness (QED) is 0.828. The molecular formula is C16H32N2O. The molecule has 0 aliphatic carbocycles. The molecule has 0 amide bonds. The molecule has 19 heavy (non-hydrogen) atoms. The molecule has 0 aromatic rings. The van der Waals surface area contributed by atoms with Crippen LogP contribution >= 0.6 is 0 Å². The van der Waals surface area contributed by atoms with Gasteiger partial charge in [-0.05, 0) is 57.7 Å². The summed E-state index contributed by atoms with van der Waals surface area (Å²) in [6.07, 6.45) is 5.31. The fourth-order valence-corrected chi connectivity index (χ4v) is 3.86. The van der Waals surface area contributed by atoms with Gasteiger partial charge in [-0.15, -0.1) is 0 Å². The minimum Gasteiger partial charge on any atom is -0.381 e. The molecule has 3 nitrogen and oxygen atoms in total. The van der Waals surface area contributed by atoms with E-state index in [9.17, 15) is 0 Å². The summed E-state index contributed by atoms with van der Waals surface area (Å²) in [6.45, 7) is 11.5. The van der Waals surface area contributed by atoms with Gasteiger partial charge in [0.15, 0.2) is 0 Å². The maximum absolute atomic E-state index is 5.77. The molecule has 2 aliphatic heterocycles. The van der Waals surface area contributed by atoms with E-state index >= 15 is 0 Å². The minimum absolute atomic E-state index is 0.359. The molecule has 1 unspecified atom stereocenters. The molecule has 0 spiro atoms. The zero-order chi connectivity index (χ0) is 13.7. The average molecular weight is 268 g/mol. The monoisotopic (exact) mass is 268 g/mol. The molecule has 2 heterocycles. The summed E-state index contributed by atoms with van der Waals surface area (Å²) in [5.74, 6) is 1.80. The number of rotatable bonds is 5. The van der Waals surface area contributed by atoms with E-state index in [0.717, 1.165) is 31.6 Å². The Balaban J connectivity index is 1.85. The highest BCUT2D eigenvalue weighted by atomic mass is 16.5. The van der Waals surface area contributed by atoms with E-state index in [-0.39, 0.29) is 0 Å². The van der Waals surface area contributed by atoms with E-state index in [1.807, 2.05) is 0 Å². The summed E-state index contributed by atoms with van der Waals surface area (Å²) < 4.78 is 5.77. The van der Waals surface area contributed by atoms with Crippen molar-refractivity contribution in [3.63, 3.8) is 0 Å². The van der Waals surface area contributed by atoms with Gasteiger partial charge in [0, 0.05) is 25.1 Å². The van der Waals surface area contributed by atoms with Gasteiger partial charge in [0.25, 0.3) is 0 Å². The third kappa shape index (κ3) is 4.17. The van der Waals surface area contributed by atoms with Crippen molar-refractivity contribution in [1.29, 1.82) is 0 Å². The highest BCUT2D eigenvalue weighted by molar-refractivity contribution is 4.88. The topological polar surface area (TPSA) is 24.5 Å². The Kier molecular flexibility index (Phi) is 5.67. The van der Waals surface area contributed by atoms with Crippen LogP contribution in [0, 0.1) is 17.3 Å². The van der Waals surface area contributed by atoms with Crippen LogP contribution in [0.1, 0.15) is 39.5 Å². The van der Waals surface area contributed by atoms with Crippen LogP contribution in [0.25, 0.3) is 0 Å². The molecule has 2 saturated heterocycles. The van der Waals surface area contributed by atoms with Gasteiger partial charge in [0.05, 0.1) is 6.61 Å². The van der Waals surface area contributed by atoms with Gasteiger partial charge in [-0.3, -0.25) is 0 Å². The van der Waals surface area contributed by atoms with Crippen LogP contribution in [0.15, 0.2) is 0 Å². The molecule has 0 bridgehead atoms. The highest BCUT2D eigenvalue weighted by Gasteiger charge is 2.35. The van der Waals surface area contributed by atoms with Crippen molar-refractivity contribution >= 4 is 0 Å². The Bertz CT molecular complexity index is 248. The third-order valence-corrected chi connectivity index (χ3v) is 5.09. The smallest absolute Gasteiger partial charge is 0.0546 e. The van der Waals surface area contributed by atoms with Crippen molar-refractivity contribution < 1.29 is 4.74 Å². The standard InChI is InChI=1S/C16H32N2O/c1-14(2)15-5-8-18(9-6-15)12-16(11-17-3)7-4-10-19-13-16/h14-15,17H,4-13H2,1-3H3. The van der Waals surface area contributed by atoms with Crippen LogP contribution in [0.2, 0.25) is 0 Å². The average Bonchev–Trinajstić information content (AvgIpc) is 2.40. The van der Waals surface area contributed by atoms with Gasteiger partial charge in [0.1, 0.15) is 0 Å². The Labute approximate surface area is 119 Å². The second-order valence-corrected chi connectivity index (χ2v) is 7.04. The number of nitrogens with zero attached hydrogens (tertiary/aromatic N) is 1. The third-order valence-electron chi connectivity index (χ3n) is 5.09. The van der Waals surface area contributed by atoms with Crippen LogP contribution in [0.4, 0.5) is 0 Å². The number of piperidine rings is 1. The number of nitrogens with one attached hydrogen (secondary N) is 1. The molecule has 2 fully saturated rings. The van der Waals surface area contributed by atoms with E-state index in [4.69, 9.17) is 4.74 Å². The van der Waals surface area contributed by atoms with Crippen LogP contribution in [0.3, 0.4) is 0 Å². The van der Waals surface area contributed by atoms with Crippen LogP contribution < -0.4 is 5.32 Å².